The Hall–Kier alpha value is -1.10. The van der Waals surface area contributed by atoms with Crippen molar-refractivity contribution in [1.29, 1.82) is 0 Å². The van der Waals surface area contributed by atoms with Gasteiger partial charge in [-0.25, -0.2) is 4.98 Å². The number of anilines is 1. The van der Waals surface area contributed by atoms with E-state index in [0.717, 1.165) is 30.8 Å². The number of carbonyl (C=O) groups is 1. The molecule has 1 N–H and O–H groups in total. The van der Waals surface area contributed by atoms with Gasteiger partial charge in [-0.15, -0.1) is 11.3 Å². The second-order valence-corrected chi connectivity index (χ2v) is 5.60. The monoisotopic (exact) mass is 254 g/mol. The lowest BCUT2D eigenvalue weighted by molar-refractivity contribution is -0.138. The van der Waals surface area contributed by atoms with Gasteiger partial charge in [0.2, 0.25) is 0 Å². The van der Waals surface area contributed by atoms with Gasteiger partial charge in [-0.1, -0.05) is 19.3 Å². The number of carboxylic acids is 1. The van der Waals surface area contributed by atoms with Gasteiger partial charge in [0.05, 0.1) is 12.0 Å². The molecule has 0 amide bonds. The first-order chi connectivity index (χ1) is 8.14. The number of rotatable bonds is 4. The summed E-state index contributed by atoms with van der Waals surface area (Å²) < 4.78 is 0. The van der Waals surface area contributed by atoms with Gasteiger partial charge in [-0.3, -0.25) is 4.79 Å². The van der Waals surface area contributed by atoms with E-state index >= 15 is 0 Å². The summed E-state index contributed by atoms with van der Waals surface area (Å²) in [5.41, 5.74) is -0.234. The molecule has 0 bridgehead atoms. The van der Waals surface area contributed by atoms with Crippen LogP contribution in [-0.2, 0) is 4.79 Å². The van der Waals surface area contributed by atoms with Crippen LogP contribution in [0.3, 0.4) is 0 Å². The average Bonchev–Trinajstić information content (AvgIpc) is 2.81. The molecule has 0 spiro atoms. The quantitative estimate of drug-likeness (QED) is 0.897. The number of aromatic nitrogens is 1. The van der Waals surface area contributed by atoms with E-state index in [9.17, 15) is 4.79 Å². The minimum absolute atomic E-state index is 0.211. The number of aliphatic carboxylic acids is 1. The van der Waals surface area contributed by atoms with E-state index in [1.807, 2.05) is 12.4 Å². The highest BCUT2D eigenvalue weighted by atomic mass is 32.1. The molecule has 17 heavy (non-hydrogen) atoms. The maximum absolute atomic E-state index is 11.1. The molecule has 1 saturated carbocycles. The Kier molecular flexibility index (Phi) is 3.66. The van der Waals surface area contributed by atoms with Crippen LogP contribution >= 0.6 is 11.3 Å². The first kappa shape index (κ1) is 12.4. The molecule has 0 aromatic carbocycles. The van der Waals surface area contributed by atoms with Gasteiger partial charge in [0.15, 0.2) is 5.13 Å². The lowest BCUT2D eigenvalue weighted by Gasteiger charge is -2.43. The lowest BCUT2D eigenvalue weighted by atomic mass is 9.78. The number of carboxylic acid groups (broad SMARTS) is 1. The molecule has 94 valence electrons. The third kappa shape index (κ3) is 2.60. The Balaban J connectivity index is 2.22. The molecule has 1 aromatic rings. The molecule has 1 fully saturated rings. The van der Waals surface area contributed by atoms with E-state index in [0.29, 0.717) is 0 Å². The molecule has 0 atom stereocenters. The Morgan fingerprint density at radius 2 is 2.24 bits per heavy atom. The normalized spacial score (nSPS) is 18.9. The van der Waals surface area contributed by atoms with E-state index in [1.165, 1.54) is 6.42 Å². The van der Waals surface area contributed by atoms with Crippen molar-refractivity contribution in [3.63, 3.8) is 0 Å². The minimum atomic E-state index is -0.713. The summed E-state index contributed by atoms with van der Waals surface area (Å²) in [4.78, 5) is 17.5. The van der Waals surface area contributed by atoms with Gasteiger partial charge < -0.3 is 10.0 Å². The van der Waals surface area contributed by atoms with Crippen LogP contribution in [0.15, 0.2) is 11.6 Å². The first-order valence-electron chi connectivity index (χ1n) is 5.99. The van der Waals surface area contributed by atoms with Crippen molar-refractivity contribution in [2.24, 2.45) is 0 Å². The number of hydrogen-bond acceptors (Lipinski definition) is 4. The van der Waals surface area contributed by atoms with Crippen LogP contribution in [0.5, 0.6) is 0 Å². The summed E-state index contributed by atoms with van der Waals surface area (Å²) in [5.74, 6) is -0.713. The van der Waals surface area contributed by atoms with Crippen LogP contribution in [-0.4, -0.2) is 28.6 Å². The minimum Gasteiger partial charge on any atom is -0.481 e. The Bertz CT molecular complexity index is 372. The van der Waals surface area contributed by atoms with Crippen LogP contribution in [0, 0.1) is 0 Å². The van der Waals surface area contributed by atoms with E-state index < -0.39 is 5.97 Å². The first-order valence-corrected chi connectivity index (χ1v) is 6.87. The van der Waals surface area contributed by atoms with Gasteiger partial charge in [0.1, 0.15) is 0 Å². The van der Waals surface area contributed by atoms with Crippen molar-refractivity contribution in [3.05, 3.63) is 11.6 Å². The summed E-state index contributed by atoms with van der Waals surface area (Å²) in [5, 5.41) is 12.0. The fourth-order valence-corrected chi connectivity index (χ4v) is 3.42. The lowest BCUT2D eigenvalue weighted by Crippen LogP contribution is -2.49. The van der Waals surface area contributed by atoms with Gasteiger partial charge >= 0.3 is 5.97 Å². The Morgan fingerprint density at radius 3 is 2.76 bits per heavy atom. The van der Waals surface area contributed by atoms with Crippen molar-refractivity contribution in [2.45, 2.75) is 44.1 Å². The second-order valence-electron chi connectivity index (χ2n) is 4.73. The third-order valence-corrected chi connectivity index (χ3v) is 4.53. The molecule has 1 aliphatic rings. The Morgan fingerprint density at radius 1 is 1.53 bits per heavy atom. The van der Waals surface area contributed by atoms with Crippen LogP contribution < -0.4 is 4.90 Å². The number of thiazole rings is 1. The van der Waals surface area contributed by atoms with E-state index in [2.05, 4.69) is 9.88 Å². The molecule has 0 unspecified atom stereocenters. The maximum atomic E-state index is 11.1. The summed E-state index contributed by atoms with van der Waals surface area (Å²) in [6.45, 7) is 0. The van der Waals surface area contributed by atoms with Gasteiger partial charge in [-0.2, -0.15) is 0 Å². The zero-order chi connectivity index (χ0) is 12.3. The van der Waals surface area contributed by atoms with Crippen molar-refractivity contribution in [2.75, 3.05) is 11.9 Å². The van der Waals surface area contributed by atoms with Crippen molar-refractivity contribution in [3.8, 4) is 0 Å². The summed E-state index contributed by atoms with van der Waals surface area (Å²) in [6.07, 6.45) is 7.33. The van der Waals surface area contributed by atoms with Gasteiger partial charge in [0, 0.05) is 18.6 Å². The van der Waals surface area contributed by atoms with Crippen molar-refractivity contribution in [1.82, 2.24) is 4.98 Å². The average molecular weight is 254 g/mol. The zero-order valence-corrected chi connectivity index (χ0v) is 10.9. The predicted molar refractivity (Wildman–Crippen MR) is 68.6 cm³/mol. The fourth-order valence-electron chi connectivity index (χ4n) is 2.71. The maximum Gasteiger partial charge on any atom is 0.305 e. The van der Waals surface area contributed by atoms with Gasteiger partial charge in [0.25, 0.3) is 0 Å². The smallest absolute Gasteiger partial charge is 0.305 e. The van der Waals surface area contributed by atoms with Gasteiger partial charge in [-0.05, 0) is 12.8 Å². The number of nitrogens with zero attached hydrogens (tertiary/aromatic N) is 2. The summed E-state index contributed by atoms with van der Waals surface area (Å²) in [7, 11) is 1.98. The molecule has 0 saturated heterocycles. The van der Waals surface area contributed by atoms with Crippen molar-refractivity contribution >= 4 is 22.4 Å². The van der Waals surface area contributed by atoms with Crippen LogP contribution in [0.2, 0.25) is 0 Å². The SMILES string of the molecule is CN(c1nccs1)C1(CC(=O)O)CCCCC1. The summed E-state index contributed by atoms with van der Waals surface area (Å²) >= 11 is 1.57. The molecule has 1 aliphatic carbocycles. The largest absolute Gasteiger partial charge is 0.481 e. The zero-order valence-electron chi connectivity index (χ0n) is 10.1. The molecule has 1 heterocycles. The predicted octanol–water partition coefficient (Wildman–Crippen LogP) is 2.76. The fraction of sp³-hybridized carbons (Fsp3) is 0.667. The van der Waals surface area contributed by atoms with Crippen LogP contribution in [0.25, 0.3) is 0 Å². The molecule has 0 aliphatic heterocycles. The molecule has 1 aromatic heterocycles. The number of hydrogen-bond donors (Lipinski definition) is 1. The highest BCUT2D eigenvalue weighted by Gasteiger charge is 2.39. The highest BCUT2D eigenvalue weighted by Crippen LogP contribution is 2.38. The van der Waals surface area contributed by atoms with E-state index in [-0.39, 0.29) is 12.0 Å². The van der Waals surface area contributed by atoms with E-state index in [1.54, 1.807) is 17.5 Å². The topological polar surface area (TPSA) is 53.4 Å². The second kappa shape index (κ2) is 5.04. The molecule has 4 nitrogen and oxygen atoms in total. The molecular weight excluding hydrogens is 236 g/mol. The van der Waals surface area contributed by atoms with Crippen LogP contribution in [0.1, 0.15) is 38.5 Å². The molecule has 2 rings (SSSR count). The Labute approximate surface area is 105 Å². The van der Waals surface area contributed by atoms with Crippen molar-refractivity contribution < 1.29 is 9.90 Å². The van der Waals surface area contributed by atoms with Crippen LogP contribution in [0.4, 0.5) is 5.13 Å². The third-order valence-electron chi connectivity index (χ3n) is 3.68. The molecule has 5 heteroatoms. The highest BCUT2D eigenvalue weighted by molar-refractivity contribution is 7.13. The molecular formula is C12H18N2O2S. The summed E-state index contributed by atoms with van der Waals surface area (Å²) in [6, 6.07) is 0. The standard InChI is InChI=1S/C12H18N2O2S/c1-14(11-13-7-8-17-11)12(9-10(15)16)5-3-2-4-6-12/h7-8H,2-6,9H2,1H3,(H,15,16). The molecule has 0 radical (unpaired) electrons. The van der Waals surface area contributed by atoms with E-state index in [4.69, 9.17) is 5.11 Å².